The summed E-state index contributed by atoms with van der Waals surface area (Å²) >= 11 is 6.69. The normalized spacial score (nSPS) is 17.5. The van der Waals surface area contributed by atoms with E-state index in [-0.39, 0.29) is 11.9 Å². The number of hydrogen-bond acceptors (Lipinski definition) is 3. The second kappa shape index (κ2) is 5.62. The Morgan fingerprint density at radius 3 is 2.57 bits per heavy atom. The first-order valence-electron chi connectivity index (χ1n) is 6.83. The van der Waals surface area contributed by atoms with Crippen LogP contribution in [0.25, 0.3) is 16.8 Å². The Morgan fingerprint density at radius 1 is 1.14 bits per heavy atom. The molecule has 1 heterocycles. The average molecular weight is 313 g/mol. The molecule has 0 radical (unpaired) electrons. The van der Waals surface area contributed by atoms with E-state index in [1.807, 2.05) is 44.2 Å². The number of nitrogens with zero attached hydrogens (tertiary/aromatic N) is 1. The topological polar surface area (TPSA) is 20.3 Å². The van der Waals surface area contributed by atoms with Crippen LogP contribution in [0, 0.1) is 0 Å². The molecule has 0 aliphatic carbocycles. The molecule has 1 saturated heterocycles. The van der Waals surface area contributed by atoms with Gasteiger partial charge in [-0.1, -0.05) is 66.4 Å². The van der Waals surface area contributed by atoms with Crippen molar-refractivity contribution in [3.05, 3.63) is 52.9 Å². The SMILES string of the molecule is CC(C)N1C(=O)C(=Cc2cccc3ccccc23)SC1=S. The number of carbonyl (C=O) groups excluding carboxylic acids is 1. The van der Waals surface area contributed by atoms with Gasteiger partial charge in [0.15, 0.2) is 0 Å². The van der Waals surface area contributed by atoms with Gasteiger partial charge >= 0.3 is 0 Å². The summed E-state index contributed by atoms with van der Waals surface area (Å²) in [7, 11) is 0. The minimum absolute atomic E-state index is 0.00735. The van der Waals surface area contributed by atoms with Crippen LogP contribution >= 0.6 is 24.0 Å². The summed E-state index contributed by atoms with van der Waals surface area (Å²) in [4.78, 5) is 14.8. The number of fused-ring (bicyclic) bond motifs is 1. The summed E-state index contributed by atoms with van der Waals surface area (Å²) in [5.41, 5.74) is 1.05. The van der Waals surface area contributed by atoms with Crippen molar-refractivity contribution < 1.29 is 4.79 Å². The highest BCUT2D eigenvalue weighted by molar-refractivity contribution is 8.26. The highest BCUT2D eigenvalue weighted by Gasteiger charge is 2.33. The molecule has 1 amide bonds. The van der Waals surface area contributed by atoms with Crippen LogP contribution in [-0.2, 0) is 4.79 Å². The average Bonchev–Trinajstić information content (AvgIpc) is 2.74. The van der Waals surface area contributed by atoms with Gasteiger partial charge in [-0.3, -0.25) is 9.69 Å². The molecule has 2 aromatic carbocycles. The fourth-order valence-corrected chi connectivity index (χ4v) is 3.96. The second-order valence-corrected chi connectivity index (χ2v) is 6.89. The van der Waals surface area contributed by atoms with Crippen molar-refractivity contribution in [3.8, 4) is 0 Å². The molecule has 21 heavy (non-hydrogen) atoms. The van der Waals surface area contributed by atoms with E-state index in [0.717, 1.165) is 10.9 Å². The van der Waals surface area contributed by atoms with Gasteiger partial charge in [-0.15, -0.1) is 0 Å². The van der Waals surface area contributed by atoms with Gasteiger partial charge in [0.25, 0.3) is 5.91 Å². The van der Waals surface area contributed by atoms with Crippen molar-refractivity contribution >= 4 is 51.1 Å². The molecular formula is C17H15NOS2. The first-order chi connectivity index (χ1) is 10.1. The zero-order valence-corrected chi connectivity index (χ0v) is 13.5. The van der Waals surface area contributed by atoms with E-state index in [2.05, 4.69) is 18.2 Å². The van der Waals surface area contributed by atoms with Gasteiger partial charge in [0, 0.05) is 6.04 Å². The summed E-state index contributed by atoms with van der Waals surface area (Å²) in [6.07, 6.45) is 1.95. The predicted molar refractivity (Wildman–Crippen MR) is 94.1 cm³/mol. The second-order valence-electron chi connectivity index (χ2n) is 5.21. The largest absolute Gasteiger partial charge is 0.290 e. The van der Waals surface area contributed by atoms with Crippen molar-refractivity contribution in [2.24, 2.45) is 0 Å². The Labute approximate surface area is 133 Å². The van der Waals surface area contributed by atoms with E-state index in [1.165, 1.54) is 17.1 Å². The number of hydrogen-bond donors (Lipinski definition) is 0. The lowest BCUT2D eigenvalue weighted by Crippen LogP contribution is -2.34. The summed E-state index contributed by atoms with van der Waals surface area (Å²) in [6, 6.07) is 14.4. The Morgan fingerprint density at radius 2 is 1.86 bits per heavy atom. The third kappa shape index (κ3) is 2.61. The zero-order valence-electron chi connectivity index (χ0n) is 11.9. The lowest BCUT2D eigenvalue weighted by atomic mass is 10.0. The summed E-state index contributed by atoms with van der Waals surface area (Å²) < 4.78 is 0.640. The van der Waals surface area contributed by atoms with Crippen LogP contribution in [0.4, 0.5) is 0 Å². The van der Waals surface area contributed by atoms with Crippen LogP contribution in [0.5, 0.6) is 0 Å². The van der Waals surface area contributed by atoms with Gasteiger partial charge in [-0.25, -0.2) is 0 Å². The van der Waals surface area contributed by atoms with E-state index in [1.54, 1.807) is 4.90 Å². The van der Waals surface area contributed by atoms with Crippen LogP contribution in [0.15, 0.2) is 47.4 Å². The van der Waals surface area contributed by atoms with Crippen molar-refractivity contribution in [2.75, 3.05) is 0 Å². The zero-order chi connectivity index (χ0) is 15.0. The van der Waals surface area contributed by atoms with E-state index in [9.17, 15) is 4.79 Å². The van der Waals surface area contributed by atoms with Gasteiger partial charge in [0.1, 0.15) is 4.32 Å². The van der Waals surface area contributed by atoms with Crippen molar-refractivity contribution in [3.63, 3.8) is 0 Å². The fourth-order valence-electron chi connectivity index (χ4n) is 2.44. The number of thioether (sulfide) groups is 1. The molecule has 0 N–H and O–H groups in total. The highest BCUT2D eigenvalue weighted by Crippen LogP contribution is 2.34. The standard InChI is InChI=1S/C17H15NOS2/c1-11(2)18-16(19)15(21-17(18)20)10-13-8-5-7-12-6-3-4-9-14(12)13/h3-11H,1-2H3. The lowest BCUT2D eigenvalue weighted by molar-refractivity contribution is -0.123. The molecule has 2 nitrogen and oxygen atoms in total. The maximum absolute atomic E-state index is 12.4. The van der Waals surface area contributed by atoms with Gasteiger partial charge < -0.3 is 0 Å². The number of rotatable bonds is 2. The smallest absolute Gasteiger partial charge is 0.266 e. The van der Waals surface area contributed by atoms with E-state index < -0.39 is 0 Å². The number of amides is 1. The molecule has 1 aliphatic rings. The predicted octanol–water partition coefficient (Wildman–Crippen LogP) is 4.45. The van der Waals surface area contributed by atoms with Crippen LogP contribution in [0.1, 0.15) is 19.4 Å². The molecular weight excluding hydrogens is 298 g/mol. The molecule has 2 aromatic rings. The molecule has 0 atom stereocenters. The number of thiocarbonyl (C=S) groups is 1. The molecule has 0 saturated carbocycles. The minimum Gasteiger partial charge on any atom is -0.290 e. The molecule has 1 fully saturated rings. The maximum Gasteiger partial charge on any atom is 0.266 e. The molecule has 1 aliphatic heterocycles. The van der Waals surface area contributed by atoms with Crippen molar-refractivity contribution in [1.29, 1.82) is 0 Å². The minimum atomic E-state index is 0.00735. The first-order valence-corrected chi connectivity index (χ1v) is 8.05. The highest BCUT2D eigenvalue weighted by atomic mass is 32.2. The number of benzene rings is 2. The maximum atomic E-state index is 12.4. The molecule has 0 unspecified atom stereocenters. The summed E-state index contributed by atoms with van der Waals surface area (Å²) in [6.45, 7) is 3.96. The molecule has 4 heteroatoms. The Hall–Kier alpha value is -1.65. The third-order valence-corrected chi connectivity index (χ3v) is 4.78. The van der Waals surface area contributed by atoms with Crippen LogP contribution < -0.4 is 0 Å². The third-order valence-electron chi connectivity index (χ3n) is 3.45. The van der Waals surface area contributed by atoms with Gasteiger partial charge in [0.05, 0.1) is 4.91 Å². The van der Waals surface area contributed by atoms with Crippen molar-refractivity contribution in [2.45, 2.75) is 19.9 Å². The summed E-state index contributed by atoms with van der Waals surface area (Å²) in [5.74, 6) is 0.00735. The van der Waals surface area contributed by atoms with E-state index in [0.29, 0.717) is 9.23 Å². The van der Waals surface area contributed by atoms with Crippen LogP contribution in [0.2, 0.25) is 0 Å². The molecule has 106 valence electrons. The Kier molecular flexibility index (Phi) is 3.83. The molecule has 0 aromatic heterocycles. The molecule has 3 rings (SSSR count). The Balaban J connectivity index is 2.06. The Bertz CT molecular complexity index is 759. The van der Waals surface area contributed by atoms with Crippen LogP contribution in [0.3, 0.4) is 0 Å². The van der Waals surface area contributed by atoms with E-state index in [4.69, 9.17) is 12.2 Å². The fraction of sp³-hybridized carbons (Fsp3) is 0.176. The van der Waals surface area contributed by atoms with E-state index >= 15 is 0 Å². The molecule has 0 bridgehead atoms. The first kappa shape index (κ1) is 14.3. The quantitative estimate of drug-likeness (QED) is 0.603. The molecule has 0 spiro atoms. The van der Waals surface area contributed by atoms with Crippen LogP contribution in [-0.4, -0.2) is 21.2 Å². The van der Waals surface area contributed by atoms with Gasteiger partial charge in [0.2, 0.25) is 0 Å². The van der Waals surface area contributed by atoms with Crippen molar-refractivity contribution in [1.82, 2.24) is 4.90 Å². The van der Waals surface area contributed by atoms with Gasteiger partial charge in [-0.2, -0.15) is 0 Å². The number of carbonyl (C=O) groups is 1. The summed E-state index contributed by atoms with van der Waals surface area (Å²) in [5, 5.41) is 2.32. The van der Waals surface area contributed by atoms with Gasteiger partial charge in [-0.05, 0) is 36.3 Å². The monoisotopic (exact) mass is 313 g/mol. The lowest BCUT2D eigenvalue weighted by Gasteiger charge is -2.18.